The Morgan fingerprint density at radius 1 is 1.38 bits per heavy atom. The number of nitrogens with one attached hydrogen (secondary N) is 1. The number of fused-ring (bicyclic) bond motifs is 1. The molecule has 10 heteroatoms. The van der Waals surface area contributed by atoms with Crippen molar-refractivity contribution in [3.8, 4) is 0 Å². The lowest BCUT2D eigenvalue weighted by atomic mass is 9.63. The van der Waals surface area contributed by atoms with Crippen LogP contribution in [-0.2, 0) is 15.0 Å². The number of piperidine rings is 1. The van der Waals surface area contributed by atoms with Gasteiger partial charge in [0.2, 0.25) is 11.8 Å². The summed E-state index contributed by atoms with van der Waals surface area (Å²) in [4.78, 5) is 41.9. The maximum atomic E-state index is 13.1. The quantitative estimate of drug-likeness (QED) is 0.319. The Kier molecular flexibility index (Phi) is 3.58. The third kappa shape index (κ3) is 2.17. The van der Waals surface area contributed by atoms with Crippen LogP contribution < -0.4 is 22.1 Å². The number of nitrogens with zero attached hydrogens (tertiary/aromatic N) is 2. The number of amides is 2. The number of hydrogen-bond acceptors (Lipinski definition) is 5. The van der Waals surface area contributed by atoms with Gasteiger partial charge in [-0.2, -0.15) is 0 Å². The Morgan fingerprint density at radius 2 is 2.04 bits per heavy atom. The lowest BCUT2D eigenvalue weighted by molar-refractivity contribution is -0.137. The molecule has 24 heavy (non-hydrogen) atoms. The summed E-state index contributed by atoms with van der Waals surface area (Å²) in [6.45, 7) is 1.68. The van der Waals surface area contributed by atoms with Gasteiger partial charge >= 0.3 is 0 Å². The Bertz CT molecular complexity index is 958. The molecule has 7 nitrogen and oxygen atoms in total. The molecule has 1 saturated heterocycles. The highest BCUT2D eigenvalue weighted by Crippen LogP contribution is 2.29. The molecule has 1 aliphatic rings. The van der Waals surface area contributed by atoms with E-state index >= 15 is 0 Å². The predicted molar refractivity (Wildman–Crippen MR) is 99.9 cm³/mol. The topological polar surface area (TPSA) is 107 Å². The van der Waals surface area contributed by atoms with Gasteiger partial charge in [-0.15, -0.1) is 0 Å². The summed E-state index contributed by atoms with van der Waals surface area (Å²) in [5, 5.41) is 2.65. The van der Waals surface area contributed by atoms with Gasteiger partial charge in [-0.05, 0) is 19.4 Å². The van der Waals surface area contributed by atoms with Crippen LogP contribution in [0.3, 0.4) is 0 Å². The smallest absolute Gasteiger partial charge is 0.263 e. The van der Waals surface area contributed by atoms with Crippen LogP contribution >= 0.6 is 0 Å². The molecule has 0 spiro atoms. The Labute approximate surface area is 141 Å². The van der Waals surface area contributed by atoms with Gasteiger partial charge in [0.05, 0.1) is 16.3 Å². The van der Waals surface area contributed by atoms with E-state index in [0.717, 1.165) is 5.46 Å². The summed E-state index contributed by atoms with van der Waals surface area (Å²) in [6.07, 6.45) is 0.233. The second-order valence-electron chi connectivity index (χ2n) is 6.69. The van der Waals surface area contributed by atoms with Crippen LogP contribution in [0, 0.1) is 6.92 Å². The molecule has 1 aliphatic heterocycles. The minimum Gasteiger partial charge on any atom is -0.398 e. The Hall–Kier alpha value is -2.51. The van der Waals surface area contributed by atoms with E-state index < -0.39 is 11.3 Å². The SMILES string of the molecule is Bc1ccc(N)c2c(=O)n(C3(B)CC(B)C(=O)NC3=O)c(C)nc12. The van der Waals surface area contributed by atoms with E-state index in [2.05, 4.69) is 10.3 Å². The normalized spacial score (nSPS) is 24.1. The number of nitrogen functional groups attached to an aromatic ring is 1. The molecule has 0 bridgehead atoms. The molecule has 3 rings (SSSR count). The van der Waals surface area contributed by atoms with Crippen LogP contribution in [0.15, 0.2) is 16.9 Å². The molecule has 2 heterocycles. The molecule has 0 radical (unpaired) electrons. The summed E-state index contributed by atoms with van der Waals surface area (Å²) >= 11 is 0. The molecule has 2 atom stereocenters. The number of rotatable bonds is 1. The van der Waals surface area contributed by atoms with E-state index in [1.54, 1.807) is 28.7 Å². The lowest BCUT2D eigenvalue weighted by Crippen LogP contribution is -2.60. The third-order valence-electron chi connectivity index (χ3n) is 4.80. The molecule has 1 aromatic heterocycles. The molecule has 2 aromatic rings. The molecule has 0 aliphatic carbocycles. The molecule has 0 saturated carbocycles. The number of benzene rings is 1. The molecular weight excluding hydrogens is 305 g/mol. The maximum absolute atomic E-state index is 13.1. The first-order chi connectivity index (χ1) is 11.2. The highest BCUT2D eigenvalue weighted by atomic mass is 16.2. The third-order valence-corrected chi connectivity index (χ3v) is 4.80. The first-order valence-electron chi connectivity index (χ1n) is 7.81. The van der Waals surface area contributed by atoms with E-state index in [1.165, 1.54) is 4.57 Å². The highest BCUT2D eigenvalue weighted by Gasteiger charge is 2.44. The number of carbonyl (C=O) groups excluding carboxylic acids is 2. The standard InChI is InChI=1S/C14H17B3N4O3/c1-5-19-10-6(15)2-3-8(18)9(10)12(23)21(5)14(17)4-7(16)11(22)20-13(14)24/h2-3,7H,4,15-18H2,1H3,(H,20,22,24). The van der Waals surface area contributed by atoms with Crippen molar-refractivity contribution in [2.24, 2.45) is 0 Å². The lowest BCUT2D eigenvalue weighted by Gasteiger charge is -2.37. The summed E-state index contributed by atoms with van der Waals surface area (Å²) in [6, 6.07) is 3.47. The Balaban J connectivity index is 2.35. The van der Waals surface area contributed by atoms with Crippen LogP contribution in [0.25, 0.3) is 10.9 Å². The van der Waals surface area contributed by atoms with Crippen molar-refractivity contribution in [3.05, 3.63) is 28.3 Å². The molecule has 120 valence electrons. The average molecular weight is 322 g/mol. The summed E-state index contributed by atoms with van der Waals surface area (Å²) in [5.41, 5.74) is 6.15. The van der Waals surface area contributed by atoms with Crippen molar-refractivity contribution in [2.75, 3.05) is 5.73 Å². The summed E-state index contributed by atoms with van der Waals surface area (Å²) in [7, 11) is 5.24. The van der Waals surface area contributed by atoms with E-state index in [9.17, 15) is 14.4 Å². The van der Waals surface area contributed by atoms with Gasteiger partial charge in [0, 0.05) is 11.5 Å². The second-order valence-corrected chi connectivity index (χ2v) is 6.69. The van der Waals surface area contributed by atoms with Crippen molar-refractivity contribution in [3.63, 3.8) is 0 Å². The number of nitrogens with two attached hydrogens (primary N) is 1. The fourth-order valence-electron chi connectivity index (χ4n) is 3.48. The van der Waals surface area contributed by atoms with Crippen LogP contribution in [0.5, 0.6) is 0 Å². The van der Waals surface area contributed by atoms with Gasteiger partial charge < -0.3 is 5.73 Å². The van der Waals surface area contributed by atoms with Crippen LogP contribution in [0.1, 0.15) is 12.2 Å². The molecular formula is C14H17B3N4O3. The fraction of sp³-hybridized carbons (Fsp3) is 0.286. The zero-order valence-corrected chi connectivity index (χ0v) is 14.1. The van der Waals surface area contributed by atoms with Gasteiger partial charge in [-0.3, -0.25) is 24.3 Å². The number of aromatic nitrogens is 2. The largest absolute Gasteiger partial charge is 0.398 e. The van der Waals surface area contributed by atoms with E-state index in [1.807, 2.05) is 13.9 Å². The average Bonchev–Trinajstić information content (AvgIpc) is 2.49. The van der Waals surface area contributed by atoms with Crippen molar-refractivity contribution >= 4 is 57.4 Å². The van der Waals surface area contributed by atoms with Gasteiger partial charge in [0.1, 0.15) is 29.4 Å². The number of carbonyl (C=O) groups is 2. The first-order valence-corrected chi connectivity index (χ1v) is 7.81. The summed E-state index contributed by atoms with van der Waals surface area (Å²) in [5.74, 6) is -0.791. The molecule has 2 amide bonds. The molecule has 2 unspecified atom stereocenters. The number of hydrogen-bond donors (Lipinski definition) is 2. The van der Waals surface area contributed by atoms with Gasteiger partial charge in [-0.25, -0.2) is 4.98 Å². The number of anilines is 1. The Morgan fingerprint density at radius 3 is 2.71 bits per heavy atom. The molecule has 3 N–H and O–H groups in total. The van der Waals surface area contributed by atoms with Crippen molar-refractivity contribution in [1.82, 2.24) is 14.9 Å². The highest BCUT2D eigenvalue weighted by molar-refractivity contribution is 6.38. The van der Waals surface area contributed by atoms with Crippen LogP contribution in [0.2, 0.25) is 5.82 Å². The monoisotopic (exact) mass is 322 g/mol. The van der Waals surface area contributed by atoms with E-state index in [-0.39, 0.29) is 23.7 Å². The van der Waals surface area contributed by atoms with Crippen LogP contribution in [0.4, 0.5) is 5.69 Å². The summed E-state index contributed by atoms with van der Waals surface area (Å²) < 4.78 is 1.36. The zero-order valence-electron chi connectivity index (χ0n) is 14.1. The van der Waals surface area contributed by atoms with Gasteiger partial charge in [-0.1, -0.05) is 11.5 Å². The van der Waals surface area contributed by atoms with E-state index in [4.69, 9.17) is 5.73 Å². The molecule has 1 fully saturated rings. The molecule has 1 aromatic carbocycles. The zero-order chi connectivity index (χ0) is 17.8. The minimum atomic E-state index is -1.19. The first kappa shape index (κ1) is 16.4. The maximum Gasteiger partial charge on any atom is 0.263 e. The minimum absolute atomic E-state index is 0.233. The second kappa shape index (κ2) is 5.26. The number of imide groups is 1. The van der Waals surface area contributed by atoms with Crippen molar-refractivity contribution in [2.45, 2.75) is 24.6 Å². The van der Waals surface area contributed by atoms with Gasteiger partial charge in [0.15, 0.2) is 0 Å². The van der Waals surface area contributed by atoms with E-state index in [0.29, 0.717) is 22.4 Å². The number of aryl methyl sites for hydroxylation is 1. The van der Waals surface area contributed by atoms with Crippen LogP contribution in [-0.4, -0.2) is 44.9 Å². The fourth-order valence-corrected chi connectivity index (χ4v) is 3.48. The van der Waals surface area contributed by atoms with Crippen molar-refractivity contribution in [1.29, 1.82) is 0 Å². The van der Waals surface area contributed by atoms with Crippen molar-refractivity contribution < 1.29 is 9.59 Å². The van der Waals surface area contributed by atoms with Gasteiger partial charge in [0.25, 0.3) is 5.56 Å². The predicted octanol–water partition coefficient (Wildman–Crippen LogP) is -3.70.